The highest BCUT2D eigenvalue weighted by Crippen LogP contribution is 2.48. The highest BCUT2D eigenvalue weighted by Gasteiger charge is 2.48. The lowest BCUT2D eigenvalue weighted by Gasteiger charge is -2.39. The van der Waals surface area contributed by atoms with Crippen molar-refractivity contribution in [1.82, 2.24) is 14.9 Å². The molecular formula is C37H41F2N5O3. The molecule has 7 rings (SSSR count). The monoisotopic (exact) mass is 641 g/mol. The molecule has 10 heteroatoms. The summed E-state index contributed by atoms with van der Waals surface area (Å²) in [6.45, 7) is 12.8. The number of piperidine rings is 1. The van der Waals surface area contributed by atoms with Gasteiger partial charge in [0.1, 0.15) is 29.7 Å². The summed E-state index contributed by atoms with van der Waals surface area (Å²) in [5.41, 5.74) is -0.362. The minimum atomic E-state index is -0.982. The molecule has 3 fully saturated rings. The number of nitrogens with zero attached hydrogens (tertiary/aromatic N) is 4. The quantitative estimate of drug-likeness (QED) is 0.266. The fourth-order valence-corrected chi connectivity index (χ4v) is 8.43. The molecule has 3 aromatic rings. The number of phenolic OH excluding ortho intramolecular Hbond substituents is 1. The number of hydrogen-bond donors (Lipinski definition) is 3. The number of fused-ring (bicyclic) bond motifs is 3. The van der Waals surface area contributed by atoms with Crippen molar-refractivity contribution in [2.24, 2.45) is 5.92 Å². The SMILES string of the molecule is C=Cc1c(F)ccc2cc(O)cc(C3=C(F)c4nc(OCC56CCCN5CC(C)C6)nc(N5CCCC(C)(O)C5)c4/C(=C/C)C3=N)c12. The van der Waals surface area contributed by atoms with Gasteiger partial charge in [0, 0.05) is 41.7 Å². The second-order valence-corrected chi connectivity index (χ2v) is 14.0. The van der Waals surface area contributed by atoms with E-state index in [1.807, 2.05) is 4.90 Å². The summed E-state index contributed by atoms with van der Waals surface area (Å²) in [6, 6.07) is 5.65. The van der Waals surface area contributed by atoms with E-state index in [0.717, 1.165) is 32.4 Å². The number of aliphatic hydroxyl groups is 1. The molecular weight excluding hydrogens is 600 g/mol. The van der Waals surface area contributed by atoms with Gasteiger partial charge in [-0.25, -0.2) is 8.78 Å². The van der Waals surface area contributed by atoms with E-state index >= 15 is 8.78 Å². The van der Waals surface area contributed by atoms with Crippen LogP contribution < -0.4 is 9.64 Å². The third-order valence-electron chi connectivity index (χ3n) is 10.4. The number of allylic oxidation sites excluding steroid dienone is 3. The largest absolute Gasteiger partial charge is 0.508 e. The predicted octanol–water partition coefficient (Wildman–Crippen LogP) is 7.00. The zero-order valence-electron chi connectivity index (χ0n) is 27.2. The van der Waals surface area contributed by atoms with Crippen LogP contribution >= 0.6 is 0 Å². The van der Waals surface area contributed by atoms with Crippen LogP contribution in [0.3, 0.4) is 0 Å². The molecule has 4 aliphatic rings. The van der Waals surface area contributed by atoms with Gasteiger partial charge in [0.2, 0.25) is 0 Å². The number of aromatic hydroxyl groups is 1. The van der Waals surface area contributed by atoms with Gasteiger partial charge in [-0.15, -0.1) is 0 Å². The van der Waals surface area contributed by atoms with E-state index in [-0.39, 0.29) is 51.9 Å². The van der Waals surface area contributed by atoms with Crippen molar-refractivity contribution in [3.63, 3.8) is 0 Å². The molecule has 0 spiro atoms. The lowest BCUT2D eigenvalue weighted by molar-refractivity contribution is 0.0446. The first-order chi connectivity index (χ1) is 22.4. The second kappa shape index (κ2) is 11.5. The molecule has 8 nitrogen and oxygen atoms in total. The molecule has 47 heavy (non-hydrogen) atoms. The van der Waals surface area contributed by atoms with Gasteiger partial charge in [-0.1, -0.05) is 31.7 Å². The number of benzene rings is 2. The number of phenols is 1. The van der Waals surface area contributed by atoms with Crippen LogP contribution in [-0.4, -0.2) is 74.7 Å². The van der Waals surface area contributed by atoms with Crippen molar-refractivity contribution >= 4 is 45.4 Å². The van der Waals surface area contributed by atoms with Crippen LogP contribution in [0.25, 0.3) is 33.8 Å². The van der Waals surface area contributed by atoms with E-state index < -0.39 is 17.2 Å². The van der Waals surface area contributed by atoms with Crippen LogP contribution in [0.1, 0.15) is 75.3 Å². The van der Waals surface area contributed by atoms with E-state index in [2.05, 4.69) is 23.4 Å². The van der Waals surface area contributed by atoms with E-state index in [0.29, 0.717) is 59.6 Å². The van der Waals surface area contributed by atoms with Crippen LogP contribution in [0.5, 0.6) is 11.8 Å². The first-order valence-electron chi connectivity index (χ1n) is 16.5. The molecule has 0 radical (unpaired) electrons. The second-order valence-electron chi connectivity index (χ2n) is 14.0. The highest BCUT2D eigenvalue weighted by atomic mass is 19.1. The maximum absolute atomic E-state index is 17.3. The third-order valence-corrected chi connectivity index (χ3v) is 10.4. The van der Waals surface area contributed by atoms with Crippen molar-refractivity contribution in [1.29, 1.82) is 5.41 Å². The van der Waals surface area contributed by atoms with Gasteiger partial charge in [-0.05, 0) is 87.6 Å². The smallest absolute Gasteiger partial charge is 0.319 e. The fraction of sp³-hybridized carbons (Fsp3) is 0.432. The van der Waals surface area contributed by atoms with Crippen LogP contribution in [0.15, 0.2) is 36.9 Å². The molecule has 3 atom stereocenters. The molecule has 3 aliphatic heterocycles. The number of β-amino-alcohol motifs (C(OH)–C–C–N with tert-alkyl or cyclic N) is 1. The Balaban J connectivity index is 1.44. The summed E-state index contributed by atoms with van der Waals surface area (Å²) in [4.78, 5) is 14.0. The van der Waals surface area contributed by atoms with Crippen molar-refractivity contribution in [2.75, 3.05) is 37.7 Å². The molecule has 3 unspecified atom stereocenters. The van der Waals surface area contributed by atoms with E-state index in [1.165, 1.54) is 30.3 Å². The molecule has 246 valence electrons. The predicted molar refractivity (Wildman–Crippen MR) is 182 cm³/mol. The number of aromatic nitrogens is 2. The average Bonchev–Trinajstić information content (AvgIpc) is 3.55. The zero-order valence-corrected chi connectivity index (χ0v) is 27.2. The molecule has 0 amide bonds. The Labute approximate surface area is 273 Å². The van der Waals surface area contributed by atoms with Crippen molar-refractivity contribution < 1.29 is 23.7 Å². The molecule has 2 aromatic carbocycles. The van der Waals surface area contributed by atoms with Gasteiger partial charge in [0.15, 0.2) is 5.83 Å². The van der Waals surface area contributed by atoms with Gasteiger partial charge in [-0.2, -0.15) is 9.97 Å². The molecule has 4 heterocycles. The van der Waals surface area contributed by atoms with Crippen molar-refractivity contribution in [2.45, 2.75) is 64.0 Å². The van der Waals surface area contributed by atoms with Crippen LogP contribution in [0.2, 0.25) is 0 Å². The summed E-state index contributed by atoms with van der Waals surface area (Å²) >= 11 is 0. The molecule has 3 N–H and O–H groups in total. The maximum Gasteiger partial charge on any atom is 0.319 e. The lowest BCUT2D eigenvalue weighted by atomic mass is 9.81. The van der Waals surface area contributed by atoms with Crippen LogP contribution in [0, 0.1) is 17.1 Å². The first-order valence-corrected chi connectivity index (χ1v) is 16.5. The lowest BCUT2D eigenvalue weighted by Crippen LogP contribution is -2.47. The summed E-state index contributed by atoms with van der Waals surface area (Å²) < 4.78 is 38.7. The van der Waals surface area contributed by atoms with Crippen LogP contribution in [0.4, 0.5) is 14.6 Å². The standard InChI is InChI=1S/C37H41F2N5O3/c1-5-24-27(38)10-9-22-15-23(45)16-26(28(22)24)29-31(39)33-30(25(6-2)32(29)40)34(43-13-7-11-36(4,46)19-43)42-35(41-33)47-20-37-12-8-14-44(37)18-21(3)17-37/h5-6,9-10,15-16,21,40,45-46H,1,7-8,11-14,17-20H2,2-4H3/b25-6-,40-32?. The number of hydrogen-bond acceptors (Lipinski definition) is 8. The maximum atomic E-state index is 17.3. The Hall–Kier alpha value is -4.15. The topological polar surface area (TPSA) is 106 Å². The minimum Gasteiger partial charge on any atom is -0.508 e. The van der Waals surface area contributed by atoms with Gasteiger partial charge in [-0.3, -0.25) is 10.3 Å². The van der Waals surface area contributed by atoms with Gasteiger partial charge < -0.3 is 19.8 Å². The Morgan fingerprint density at radius 1 is 1.17 bits per heavy atom. The minimum absolute atomic E-state index is 0.0294. The van der Waals surface area contributed by atoms with Crippen molar-refractivity contribution in [3.8, 4) is 11.8 Å². The van der Waals surface area contributed by atoms with Gasteiger partial charge in [0.05, 0.1) is 22.4 Å². The fourth-order valence-electron chi connectivity index (χ4n) is 8.43. The Kier molecular flexibility index (Phi) is 7.71. The number of halogens is 2. The Bertz CT molecular complexity index is 1890. The third kappa shape index (κ3) is 5.22. The number of anilines is 1. The molecule has 0 saturated carbocycles. The normalized spacial score (nSPS) is 27.1. The van der Waals surface area contributed by atoms with Crippen molar-refractivity contribution in [3.05, 3.63) is 65.1 Å². The summed E-state index contributed by atoms with van der Waals surface area (Å²) in [5, 5.41) is 31.9. The Morgan fingerprint density at radius 2 is 1.96 bits per heavy atom. The molecule has 0 bridgehead atoms. The van der Waals surface area contributed by atoms with Gasteiger partial charge in [0.25, 0.3) is 0 Å². The summed E-state index contributed by atoms with van der Waals surface area (Å²) in [7, 11) is 0. The average molecular weight is 642 g/mol. The molecule has 1 aliphatic carbocycles. The number of ether oxygens (including phenoxy) is 1. The van der Waals surface area contributed by atoms with E-state index in [1.54, 1.807) is 19.9 Å². The van der Waals surface area contributed by atoms with E-state index in [4.69, 9.17) is 9.72 Å². The summed E-state index contributed by atoms with van der Waals surface area (Å²) in [5.74, 6) is -0.550. The zero-order chi connectivity index (χ0) is 33.2. The number of nitrogens with one attached hydrogen (secondary N) is 1. The molecule has 3 saturated heterocycles. The highest BCUT2D eigenvalue weighted by molar-refractivity contribution is 6.50. The first kappa shape index (κ1) is 31.4. The van der Waals surface area contributed by atoms with E-state index in [9.17, 15) is 15.6 Å². The molecule has 1 aromatic heterocycles. The van der Waals surface area contributed by atoms with Crippen LogP contribution in [-0.2, 0) is 0 Å². The Morgan fingerprint density at radius 3 is 2.70 bits per heavy atom. The van der Waals surface area contributed by atoms with Gasteiger partial charge >= 0.3 is 6.01 Å². The number of rotatable bonds is 6. The summed E-state index contributed by atoms with van der Waals surface area (Å²) in [6.07, 6.45) is 7.51.